The molecule has 4 rings (SSSR count). The lowest BCUT2D eigenvalue weighted by molar-refractivity contribution is -0.119. The molecule has 0 saturated heterocycles. The lowest BCUT2D eigenvalue weighted by Crippen LogP contribution is -2.21. The molecule has 33 heavy (non-hydrogen) atoms. The van der Waals surface area contributed by atoms with Gasteiger partial charge in [0.2, 0.25) is 0 Å². The fourth-order valence-corrected chi connectivity index (χ4v) is 3.93. The van der Waals surface area contributed by atoms with E-state index < -0.39 is 24.5 Å². The van der Waals surface area contributed by atoms with Crippen molar-refractivity contribution in [3.05, 3.63) is 71.8 Å². The third kappa shape index (κ3) is 5.01. The first kappa shape index (κ1) is 22.0. The number of thiophene rings is 1. The van der Waals surface area contributed by atoms with Crippen LogP contribution in [-0.4, -0.2) is 36.0 Å². The van der Waals surface area contributed by atoms with E-state index in [0.717, 1.165) is 16.9 Å². The summed E-state index contributed by atoms with van der Waals surface area (Å²) in [6.07, 6.45) is 4.36. The molecule has 0 spiro atoms. The van der Waals surface area contributed by atoms with E-state index in [-0.39, 0.29) is 22.7 Å². The van der Waals surface area contributed by atoms with Crippen LogP contribution in [-0.2, 0) is 14.3 Å². The molecular formula is C23H18N2O7S. The van der Waals surface area contributed by atoms with Gasteiger partial charge in [0.15, 0.2) is 18.8 Å². The Balaban J connectivity index is 1.40. The smallest absolute Gasteiger partial charge is 0.341 e. The van der Waals surface area contributed by atoms with Gasteiger partial charge in [-0.3, -0.25) is 4.79 Å². The lowest BCUT2D eigenvalue weighted by Gasteiger charge is -2.08. The second-order valence-corrected chi connectivity index (χ2v) is 7.50. The Labute approximate surface area is 192 Å². The van der Waals surface area contributed by atoms with E-state index >= 15 is 0 Å². The highest BCUT2D eigenvalue weighted by atomic mass is 32.1. The van der Waals surface area contributed by atoms with E-state index in [1.807, 2.05) is 0 Å². The predicted octanol–water partition coefficient (Wildman–Crippen LogP) is 4.64. The zero-order chi connectivity index (χ0) is 23.2. The van der Waals surface area contributed by atoms with Gasteiger partial charge in [0.1, 0.15) is 16.3 Å². The second-order valence-electron chi connectivity index (χ2n) is 6.62. The number of hydrogen-bond acceptors (Lipinski definition) is 9. The Hall–Kier alpha value is -4.18. The topological polar surface area (TPSA) is 121 Å². The Kier molecular flexibility index (Phi) is 6.65. The summed E-state index contributed by atoms with van der Waals surface area (Å²) in [6, 6.07) is 9.89. The quantitative estimate of drug-likeness (QED) is 0.373. The molecule has 0 unspecified atom stereocenters. The van der Waals surface area contributed by atoms with Crippen LogP contribution < -0.4 is 5.32 Å². The van der Waals surface area contributed by atoms with Crippen LogP contribution in [0.25, 0.3) is 22.6 Å². The van der Waals surface area contributed by atoms with E-state index in [1.54, 1.807) is 54.9 Å². The zero-order valence-electron chi connectivity index (χ0n) is 17.4. The van der Waals surface area contributed by atoms with Crippen LogP contribution in [0.2, 0.25) is 0 Å². The molecule has 4 aromatic rings. The Morgan fingerprint density at radius 3 is 2.52 bits per heavy atom. The summed E-state index contributed by atoms with van der Waals surface area (Å²) >= 11 is 1.14. The molecule has 3 aromatic heterocycles. The van der Waals surface area contributed by atoms with Crippen molar-refractivity contribution in [1.29, 1.82) is 0 Å². The van der Waals surface area contributed by atoms with Crippen molar-refractivity contribution < 1.29 is 32.7 Å². The summed E-state index contributed by atoms with van der Waals surface area (Å²) < 4.78 is 20.8. The van der Waals surface area contributed by atoms with Gasteiger partial charge in [-0.15, -0.1) is 11.3 Å². The lowest BCUT2D eigenvalue weighted by atomic mass is 10.1. The number of esters is 2. The van der Waals surface area contributed by atoms with Crippen LogP contribution >= 0.6 is 11.3 Å². The van der Waals surface area contributed by atoms with Gasteiger partial charge < -0.3 is 23.6 Å². The molecule has 9 nitrogen and oxygen atoms in total. The third-order valence-electron chi connectivity index (χ3n) is 4.48. The molecule has 0 aliphatic rings. The minimum Gasteiger partial charge on any atom is -0.464 e. The first-order valence-corrected chi connectivity index (χ1v) is 10.7. The summed E-state index contributed by atoms with van der Waals surface area (Å²) in [7, 11) is 0. The van der Waals surface area contributed by atoms with Gasteiger partial charge >= 0.3 is 11.9 Å². The molecule has 1 aromatic carbocycles. The van der Waals surface area contributed by atoms with Crippen LogP contribution in [0.1, 0.15) is 27.6 Å². The third-order valence-corrected chi connectivity index (χ3v) is 5.38. The highest BCUT2D eigenvalue weighted by Gasteiger charge is 2.24. The average molecular weight is 466 g/mol. The van der Waals surface area contributed by atoms with Crippen LogP contribution in [0, 0.1) is 0 Å². The maximum absolute atomic E-state index is 12.5. The maximum Gasteiger partial charge on any atom is 0.341 e. The molecular weight excluding hydrogens is 448 g/mol. The molecule has 10 heteroatoms. The monoisotopic (exact) mass is 466 g/mol. The second kappa shape index (κ2) is 9.96. The van der Waals surface area contributed by atoms with Crippen molar-refractivity contribution in [2.75, 3.05) is 18.5 Å². The van der Waals surface area contributed by atoms with Gasteiger partial charge in [-0.1, -0.05) is 12.1 Å². The first-order valence-electron chi connectivity index (χ1n) is 9.85. The number of oxazole rings is 1. The highest BCUT2D eigenvalue weighted by Crippen LogP contribution is 2.36. The van der Waals surface area contributed by atoms with E-state index in [1.165, 1.54) is 12.7 Å². The molecule has 168 valence electrons. The number of carbonyl (C=O) groups excluding carboxylic acids is 3. The molecule has 0 radical (unpaired) electrons. The fraction of sp³-hybridized carbons (Fsp3) is 0.130. The SMILES string of the molecule is CCOC(=O)c1c(-c2ccco2)csc1NC(=O)COC(=O)c1ccc(-c2cnco2)cc1. The molecule has 0 aliphatic carbocycles. The zero-order valence-corrected chi connectivity index (χ0v) is 18.2. The minimum absolute atomic E-state index is 0.173. The van der Waals surface area contributed by atoms with E-state index in [9.17, 15) is 14.4 Å². The molecule has 0 atom stereocenters. The number of aromatic nitrogens is 1. The summed E-state index contributed by atoms with van der Waals surface area (Å²) in [5, 5.41) is 4.57. The molecule has 0 fully saturated rings. The van der Waals surface area contributed by atoms with Crippen molar-refractivity contribution in [2.24, 2.45) is 0 Å². The van der Waals surface area contributed by atoms with Crippen molar-refractivity contribution in [3.8, 4) is 22.6 Å². The Bertz CT molecular complexity index is 1240. The van der Waals surface area contributed by atoms with Crippen molar-refractivity contribution in [3.63, 3.8) is 0 Å². The number of amides is 1. The standard InChI is InChI=1S/C23H18N2O7S/c1-2-29-23(28)20-16(17-4-3-9-30-17)12-33-21(20)25-19(26)11-31-22(27)15-7-5-14(6-8-15)18-10-24-13-32-18/h3-10,12-13H,2,11H2,1H3,(H,25,26). The largest absolute Gasteiger partial charge is 0.464 e. The minimum atomic E-state index is -0.664. The highest BCUT2D eigenvalue weighted by molar-refractivity contribution is 7.15. The Morgan fingerprint density at radius 2 is 1.85 bits per heavy atom. The fourth-order valence-electron chi connectivity index (χ4n) is 2.98. The number of anilines is 1. The number of hydrogen-bond donors (Lipinski definition) is 1. The molecule has 1 N–H and O–H groups in total. The molecule has 0 aliphatic heterocycles. The van der Waals surface area contributed by atoms with Gasteiger partial charge in [0.25, 0.3) is 5.91 Å². The van der Waals surface area contributed by atoms with Crippen LogP contribution in [0.3, 0.4) is 0 Å². The number of rotatable bonds is 8. The van der Waals surface area contributed by atoms with Gasteiger partial charge in [0, 0.05) is 16.5 Å². The maximum atomic E-state index is 12.5. The predicted molar refractivity (Wildman–Crippen MR) is 119 cm³/mol. The van der Waals surface area contributed by atoms with Gasteiger partial charge in [-0.25, -0.2) is 14.6 Å². The van der Waals surface area contributed by atoms with Crippen LogP contribution in [0.4, 0.5) is 5.00 Å². The van der Waals surface area contributed by atoms with Gasteiger partial charge in [0.05, 0.1) is 24.6 Å². The van der Waals surface area contributed by atoms with E-state index in [0.29, 0.717) is 17.1 Å². The number of furan rings is 1. The summed E-state index contributed by atoms with van der Waals surface area (Å²) in [5.41, 5.74) is 1.70. The summed E-state index contributed by atoms with van der Waals surface area (Å²) in [5.74, 6) is -0.821. The molecule has 1 amide bonds. The molecule has 0 saturated carbocycles. The average Bonchev–Trinajstić information content (AvgIpc) is 3.59. The van der Waals surface area contributed by atoms with E-state index in [4.69, 9.17) is 18.3 Å². The number of nitrogens with one attached hydrogen (secondary N) is 1. The van der Waals surface area contributed by atoms with E-state index in [2.05, 4.69) is 10.3 Å². The summed E-state index contributed by atoms with van der Waals surface area (Å²) in [6.45, 7) is 1.33. The molecule has 3 heterocycles. The van der Waals surface area contributed by atoms with Crippen LogP contribution in [0.15, 0.2) is 69.5 Å². The normalized spacial score (nSPS) is 10.6. The number of carbonyl (C=O) groups is 3. The summed E-state index contributed by atoms with van der Waals surface area (Å²) in [4.78, 5) is 41.0. The Morgan fingerprint density at radius 1 is 1.03 bits per heavy atom. The number of nitrogens with zero attached hydrogens (tertiary/aromatic N) is 1. The number of ether oxygens (including phenoxy) is 2. The van der Waals surface area contributed by atoms with Crippen molar-refractivity contribution in [2.45, 2.75) is 6.92 Å². The van der Waals surface area contributed by atoms with Crippen molar-refractivity contribution in [1.82, 2.24) is 4.98 Å². The number of benzene rings is 1. The van der Waals surface area contributed by atoms with Gasteiger partial charge in [-0.05, 0) is 31.2 Å². The first-order chi connectivity index (χ1) is 16.1. The molecule has 0 bridgehead atoms. The van der Waals surface area contributed by atoms with Crippen molar-refractivity contribution >= 4 is 34.2 Å². The van der Waals surface area contributed by atoms with Crippen LogP contribution in [0.5, 0.6) is 0 Å². The van der Waals surface area contributed by atoms with Gasteiger partial charge in [-0.2, -0.15) is 0 Å².